The molecule has 2 heterocycles. The van der Waals surface area contributed by atoms with Crippen molar-refractivity contribution < 1.29 is 0 Å². The molecule has 0 unspecified atom stereocenters. The van der Waals surface area contributed by atoms with E-state index in [-0.39, 0.29) is 5.41 Å². The van der Waals surface area contributed by atoms with Crippen LogP contribution in [-0.2, 0) is 12.0 Å². The first-order chi connectivity index (χ1) is 9.29. The first kappa shape index (κ1) is 15.3. The summed E-state index contributed by atoms with van der Waals surface area (Å²) in [6.07, 6.45) is 0. The molecule has 5 heteroatoms. The quantitative estimate of drug-likeness (QED) is 0.785. The highest BCUT2D eigenvalue weighted by molar-refractivity contribution is 7.07. The van der Waals surface area contributed by atoms with E-state index >= 15 is 0 Å². The fourth-order valence-electron chi connectivity index (χ4n) is 1.92. The molecule has 0 N–H and O–H groups in total. The third-order valence-electron chi connectivity index (χ3n) is 3.09. The zero-order chi connectivity index (χ0) is 14.9. The molecule has 20 heavy (non-hydrogen) atoms. The van der Waals surface area contributed by atoms with Crippen LogP contribution in [0.25, 0.3) is 0 Å². The van der Waals surface area contributed by atoms with Gasteiger partial charge in [-0.1, -0.05) is 32.4 Å². The van der Waals surface area contributed by atoms with Crippen molar-refractivity contribution in [2.24, 2.45) is 0 Å². The highest BCUT2D eigenvalue weighted by Gasteiger charge is 2.22. The molecule has 0 amide bonds. The van der Waals surface area contributed by atoms with E-state index in [1.165, 1.54) is 5.56 Å². The van der Waals surface area contributed by atoms with E-state index in [4.69, 9.17) is 16.6 Å². The van der Waals surface area contributed by atoms with Crippen molar-refractivity contribution in [3.63, 3.8) is 0 Å². The first-order valence-corrected chi connectivity index (χ1v) is 7.88. The van der Waals surface area contributed by atoms with Crippen LogP contribution in [0.1, 0.15) is 37.7 Å². The zero-order valence-electron chi connectivity index (χ0n) is 12.6. The van der Waals surface area contributed by atoms with Crippen LogP contribution in [0.2, 0.25) is 5.15 Å². The summed E-state index contributed by atoms with van der Waals surface area (Å²) < 4.78 is 0. The number of halogens is 1. The second-order valence-corrected chi connectivity index (χ2v) is 7.16. The fourth-order valence-corrected chi connectivity index (χ4v) is 2.74. The lowest BCUT2D eigenvalue weighted by Crippen LogP contribution is -2.23. The number of hydrogen-bond acceptors (Lipinski definition) is 4. The van der Waals surface area contributed by atoms with Crippen molar-refractivity contribution in [1.82, 2.24) is 9.97 Å². The van der Waals surface area contributed by atoms with Crippen LogP contribution in [-0.4, -0.2) is 17.0 Å². The fraction of sp³-hybridized carbons (Fsp3) is 0.467. The number of rotatable bonds is 3. The zero-order valence-corrected chi connectivity index (χ0v) is 14.1. The summed E-state index contributed by atoms with van der Waals surface area (Å²) in [5, 5.41) is 4.78. The van der Waals surface area contributed by atoms with Crippen molar-refractivity contribution in [2.75, 3.05) is 11.9 Å². The van der Waals surface area contributed by atoms with Crippen molar-refractivity contribution >= 4 is 28.8 Å². The summed E-state index contributed by atoms with van der Waals surface area (Å²) >= 11 is 7.98. The van der Waals surface area contributed by atoms with Crippen molar-refractivity contribution in [2.45, 2.75) is 39.7 Å². The molecular formula is C15H20ClN3S. The molecule has 2 rings (SSSR count). The lowest BCUT2D eigenvalue weighted by atomic mass is 9.95. The Kier molecular flexibility index (Phi) is 4.35. The Morgan fingerprint density at radius 2 is 2.00 bits per heavy atom. The second kappa shape index (κ2) is 5.70. The highest BCUT2D eigenvalue weighted by Crippen LogP contribution is 2.28. The first-order valence-electron chi connectivity index (χ1n) is 6.56. The Labute approximate surface area is 129 Å². The lowest BCUT2D eigenvalue weighted by molar-refractivity contribution is 0.543. The summed E-state index contributed by atoms with van der Waals surface area (Å²) in [5.41, 5.74) is 2.09. The largest absolute Gasteiger partial charge is 0.355 e. The average molecular weight is 310 g/mol. The minimum absolute atomic E-state index is 0.116. The highest BCUT2D eigenvalue weighted by atomic mass is 35.5. The maximum Gasteiger partial charge on any atom is 0.137 e. The Balaban J connectivity index is 2.37. The maximum atomic E-state index is 6.28. The predicted molar refractivity (Wildman–Crippen MR) is 86.9 cm³/mol. The van der Waals surface area contributed by atoms with E-state index in [1.807, 2.05) is 14.0 Å². The van der Waals surface area contributed by atoms with Crippen LogP contribution in [0, 0.1) is 6.92 Å². The minimum atomic E-state index is -0.116. The molecule has 108 valence electrons. The van der Waals surface area contributed by atoms with E-state index in [9.17, 15) is 0 Å². The minimum Gasteiger partial charge on any atom is -0.355 e. The Morgan fingerprint density at radius 3 is 2.55 bits per heavy atom. The van der Waals surface area contributed by atoms with Crippen LogP contribution < -0.4 is 4.90 Å². The molecule has 0 bridgehead atoms. The normalized spacial score (nSPS) is 11.7. The number of thiophene rings is 1. The smallest absolute Gasteiger partial charge is 0.137 e. The van der Waals surface area contributed by atoms with Crippen molar-refractivity contribution in [3.05, 3.63) is 38.9 Å². The molecule has 0 spiro atoms. The predicted octanol–water partition coefficient (Wildman–Crippen LogP) is 4.43. The topological polar surface area (TPSA) is 29.0 Å². The lowest BCUT2D eigenvalue weighted by Gasteiger charge is -2.24. The van der Waals surface area contributed by atoms with Gasteiger partial charge < -0.3 is 4.90 Å². The SMILES string of the molecule is Cc1c(Cl)nc(C(C)(C)C)nc1N(C)Cc1ccsc1. The molecule has 2 aromatic rings. The standard InChI is InChI=1S/C15H20ClN3S/c1-10-12(16)17-14(15(2,3)4)18-13(10)19(5)8-11-6-7-20-9-11/h6-7,9H,8H2,1-5H3. The van der Waals surface area contributed by atoms with Gasteiger partial charge in [-0.25, -0.2) is 9.97 Å². The molecule has 0 fully saturated rings. The van der Waals surface area contributed by atoms with Gasteiger partial charge in [0.1, 0.15) is 16.8 Å². The summed E-state index contributed by atoms with van der Waals surface area (Å²) in [6, 6.07) is 2.13. The molecule has 2 aromatic heterocycles. The Hall–Kier alpha value is -1.13. The molecule has 0 aliphatic rings. The van der Waals surface area contributed by atoms with Crippen molar-refractivity contribution in [1.29, 1.82) is 0 Å². The van der Waals surface area contributed by atoms with Crippen LogP contribution in [0.15, 0.2) is 16.8 Å². The van der Waals surface area contributed by atoms with Crippen LogP contribution in [0.5, 0.6) is 0 Å². The van der Waals surface area contributed by atoms with Gasteiger partial charge in [0, 0.05) is 24.6 Å². The van der Waals surface area contributed by atoms with E-state index in [0.717, 1.165) is 23.8 Å². The van der Waals surface area contributed by atoms with Crippen LogP contribution in [0.4, 0.5) is 5.82 Å². The summed E-state index contributed by atoms with van der Waals surface area (Å²) in [5.74, 6) is 1.68. The molecule has 0 saturated heterocycles. The van der Waals surface area contributed by atoms with Gasteiger partial charge in [0.15, 0.2) is 0 Å². The molecule has 0 radical (unpaired) electrons. The number of anilines is 1. The van der Waals surface area contributed by atoms with Gasteiger partial charge in [-0.2, -0.15) is 11.3 Å². The number of aromatic nitrogens is 2. The molecule has 0 atom stereocenters. The van der Waals surface area contributed by atoms with E-state index in [1.54, 1.807) is 11.3 Å². The van der Waals surface area contributed by atoms with E-state index in [0.29, 0.717) is 5.15 Å². The molecule has 0 aliphatic carbocycles. The van der Waals surface area contributed by atoms with E-state index < -0.39 is 0 Å². The maximum absolute atomic E-state index is 6.28. The van der Waals surface area contributed by atoms with Gasteiger partial charge >= 0.3 is 0 Å². The number of hydrogen-bond donors (Lipinski definition) is 0. The van der Waals surface area contributed by atoms with Crippen LogP contribution >= 0.6 is 22.9 Å². The van der Waals surface area contributed by atoms with Gasteiger partial charge in [0.25, 0.3) is 0 Å². The van der Waals surface area contributed by atoms with Gasteiger partial charge in [-0.15, -0.1) is 0 Å². The Bertz CT molecular complexity index is 588. The molecule has 0 aromatic carbocycles. The number of nitrogens with zero attached hydrogens (tertiary/aromatic N) is 3. The molecule has 3 nitrogen and oxygen atoms in total. The molecular weight excluding hydrogens is 290 g/mol. The van der Waals surface area contributed by atoms with Crippen molar-refractivity contribution in [3.8, 4) is 0 Å². The summed E-state index contributed by atoms with van der Waals surface area (Å²) in [4.78, 5) is 11.3. The third-order valence-corrected chi connectivity index (χ3v) is 4.19. The van der Waals surface area contributed by atoms with Gasteiger partial charge in [0.2, 0.25) is 0 Å². The molecule has 0 saturated carbocycles. The van der Waals surface area contributed by atoms with Gasteiger partial charge in [-0.3, -0.25) is 0 Å². The van der Waals surface area contributed by atoms with Gasteiger partial charge in [-0.05, 0) is 29.3 Å². The summed E-state index contributed by atoms with van der Waals surface area (Å²) in [7, 11) is 2.04. The van der Waals surface area contributed by atoms with E-state index in [2.05, 4.69) is 47.5 Å². The monoisotopic (exact) mass is 309 g/mol. The average Bonchev–Trinajstić information content (AvgIpc) is 2.83. The second-order valence-electron chi connectivity index (χ2n) is 6.02. The molecule has 0 aliphatic heterocycles. The van der Waals surface area contributed by atoms with Gasteiger partial charge in [0.05, 0.1) is 0 Å². The Morgan fingerprint density at radius 1 is 1.30 bits per heavy atom. The van der Waals surface area contributed by atoms with Crippen LogP contribution in [0.3, 0.4) is 0 Å². The summed E-state index contributed by atoms with van der Waals surface area (Å²) in [6.45, 7) is 9.07. The third kappa shape index (κ3) is 3.30.